The van der Waals surface area contributed by atoms with Crippen LogP contribution in [-0.4, -0.2) is 23.0 Å². The van der Waals surface area contributed by atoms with Gasteiger partial charge in [-0.25, -0.2) is 9.78 Å². The molecule has 0 bridgehead atoms. The van der Waals surface area contributed by atoms with Gasteiger partial charge in [-0.15, -0.1) is 11.6 Å². The molecule has 3 rings (SSSR count). The molecule has 6 nitrogen and oxygen atoms in total. The zero-order valence-electron chi connectivity index (χ0n) is 13.6. The molecule has 0 aliphatic heterocycles. The van der Waals surface area contributed by atoms with Crippen molar-refractivity contribution in [2.45, 2.75) is 5.88 Å². The summed E-state index contributed by atoms with van der Waals surface area (Å²) in [5.41, 5.74) is 6.87. The summed E-state index contributed by atoms with van der Waals surface area (Å²) in [5, 5.41) is 0.571. The third-order valence-corrected chi connectivity index (χ3v) is 4.50. The Balaban J connectivity index is 0.000000190. The maximum Gasteiger partial charge on any atom is 0.339 e. The minimum absolute atomic E-state index is 0.154. The lowest BCUT2D eigenvalue weighted by Crippen LogP contribution is -2.10. The number of H-pyrrole nitrogens is 1. The first-order chi connectivity index (χ1) is 12.3. The third-order valence-electron chi connectivity index (χ3n) is 3.26. The van der Waals surface area contributed by atoms with Crippen LogP contribution in [-0.2, 0) is 10.6 Å². The maximum absolute atomic E-state index is 11.5. The van der Waals surface area contributed by atoms with Gasteiger partial charge in [0.05, 0.1) is 29.5 Å². The van der Waals surface area contributed by atoms with Crippen LogP contribution in [0.5, 0.6) is 0 Å². The highest BCUT2D eigenvalue weighted by atomic mass is 79.9. The number of halogens is 3. The number of carbonyl (C=O) groups is 1. The predicted octanol–water partition coefficient (Wildman–Crippen LogP) is 4.24. The Morgan fingerprint density at radius 1 is 1.23 bits per heavy atom. The summed E-state index contributed by atoms with van der Waals surface area (Å²) in [6.45, 7) is 0. The summed E-state index contributed by atoms with van der Waals surface area (Å²) in [4.78, 5) is 29.3. The fourth-order valence-electron chi connectivity index (χ4n) is 2.05. The van der Waals surface area contributed by atoms with Crippen LogP contribution in [0.3, 0.4) is 0 Å². The van der Waals surface area contributed by atoms with Crippen LogP contribution in [0.1, 0.15) is 16.2 Å². The average molecular weight is 504 g/mol. The second-order valence-electron chi connectivity index (χ2n) is 5.03. The number of esters is 1. The Morgan fingerprint density at radius 2 is 1.88 bits per heavy atom. The highest BCUT2D eigenvalue weighted by Crippen LogP contribution is 2.19. The number of fused-ring (bicyclic) bond motifs is 1. The third kappa shape index (κ3) is 5.06. The number of nitrogen functional groups attached to an aromatic ring is 1. The van der Waals surface area contributed by atoms with Crippen LogP contribution in [0.4, 0.5) is 5.69 Å². The number of anilines is 1. The summed E-state index contributed by atoms with van der Waals surface area (Å²) < 4.78 is 6.26. The van der Waals surface area contributed by atoms with Gasteiger partial charge in [0.25, 0.3) is 5.56 Å². The number of carbonyl (C=O) groups excluding carboxylic acids is 1. The number of aromatic amines is 1. The van der Waals surface area contributed by atoms with E-state index in [1.165, 1.54) is 7.11 Å². The standard InChI is InChI=1S/C9H6BrClN2O.C8H8BrNO2/c10-5-1-2-6-7(3-5)12-8(4-11)13-9(6)14;1-12-8(11)6-3-2-5(9)4-7(6)10/h1-3H,4H2,(H,12,13,14);2-4H,10H2,1H3. The van der Waals surface area contributed by atoms with Gasteiger partial charge in [-0.3, -0.25) is 4.79 Å². The van der Waals surface area contributed by atoms with Crippen molar-refractivity contribution in [2.24, 2.45) is 0 Å². The molecule has 1 heterocycles. The fourth-order valence-corrected chi connectivity index (χ4v) is 2.91. The summed E-state index contributed by atoms with van der Waals surface area (Å²) in [5.74, 6) is 0.278. The molecular formula is C17H14Br2ClN3O3. The number of nitrogens with one attached hydrogen (secondary N) is 1. The molecule has 2 aromatic carbocycles. The largest absolute Gasteiger partial charge is 0.465 e. The Labute approximate surface area is 171 Å². The van der Waals surface area contributed by atoms with E-state index in [9.17, 15) is 9.59 Å². The molecule has 9 heteroatoms. The van der Waals surface area contributed by atoms with Crippen LogP contribution in [0.25, 0.3) is 10.9 Å². The molecule has 1 aromatic heterocycles. The molecular weight excluding hydrogens is 489 g/mol. The van der Waals surface area contributed by atoms with Gasteiger partial charge in [-0.05, 0) is 36.4 Å². The Morgan fingerprint density at radius 3 is 2.50 bits per heavy atom. The number of alkyl halides is 1. The highest BCUT2D eigenvalue weighted by molar-refractivity contribution is 9.10. The highest BCUT2D eigenvalue weighted by Gasteiger charge is 2.08. The zero-order chi connectivity index (χ0) is 19.3. The van der Waals surface area contributed by atoms with Gasteiger partial charge in [0, 0.05) is 14.6 Å². The maximum atomic E-state index is 11.5. The molecule has 0 aliphatic rings. The molecule has 0 saturated carbocycles. The van der Waals surface area contributed by atoms with Crippen molar-refractivity contribution in [1.29, 1.82) is 0 Å². The number of ether oxygens (including phenoxy) is 1. The number of hydrogen-bond donors (Lipinski definition) is 2. The van der Waals surface area contributed by atoms with E-state index in [2.05, 4.69) is 46.6 Å². The fraction of sp³-hybridized carbons (Fsp3) is 0.118. The van der Waals surface area contributed by atoms with Crippen molar-refractivity contribution in [1.82, 2.24) is 9.97 Å². The van der Waals surface area contributed by atoms with Crippen LogP contribution < -0.4 is 11.3 Å². The van der Waals surface area contributed by atoms with Crippen molar-refractivity contribution in [3.05, 3.63) is 67.1 Å². The summed E-state index contributed by atoms with van der Waals surface area (Å²) in [6.07, 6.45) is 0. The van der Waals surface area contributed by atoms with Crippen molar-refractivity contribution in [3.63, 3.8) is 0 Å². The van der Waals surface area contributed by atoms with Crippen LogP contribution >= 0.6 is 43.5 Å². The van der Waals surface area contributed by atoms with E-state index in [-0.39, 0.29) is 11.4 Å². The lowest BCUT2D eigenvalue weighted by Gasteiger charge is -2.02. The molecule has 0 spiro atoms. The Bertz CT molecular complexity index is 1010. The minimum Gasteiger partial charge on any atom is -0.465 e. The summed E-state index contributed by atoms with van der Waals surface area (Å²) in [7, 11) is 1.32. The molecule has 3 aromatic rings. The monoisotopic (exact) mass is 501 g/mol. The number of rotatable bonds is 2. The number of benzene rings is 2. The van der Waals surface area contributed by atoms with Crippen molar-refractivity contribution in [2.75, 3.05) is 12.8 Å². The molecule has 0 radical (unpaired) electrons. The van der Waals surface area contributed by atoms with Crippen molar-refractivity contribution < 1.29 is 9.53 Å². The number of nitrogens with zero attached hydrogens (tertiary/aromatic N) is 1. The Hall–Kier alpha value is -1.90. The topological polar surface area (TPSA) is 98.1 Å². The van der Waals surface area contributed by atoms with Crippen LogP contribution in [0.15, 0.2) is 50.1 Å². The van der Waals surface area contributed by atoms with E-state index >= 15 is 0 Å². The molecule has 0 saturated heterocycles. The minimum atomic E-state index is -0.417. The lowest BCUT2D eigenvalue weighted by molar-refractivity contribution is 0.0602. The van der Waals surface area contributed by atoms with Crippen LogP contribution in [0, 0.1) is 0 Å². The van der Waals surface area contributed by atoms with E-state index in [0.717, 1.165) is 8.95 Å². The van der Waals surface area contributed by atoms with E-state index in [0.29, 0.717) is 28.0 Å². The van der Waals surface area contributed by atoms with Gasteiger partial charge < -0.3 is 15.5 Å². The molecule has 0 fully saturated rings. The normalized spacial score (nSPS) is 10.2. The van der Waals surface area contributed by atoms with Gasteiger partial charge in [0.1, 0.15) is 5.82 Å². The number of methoxy groups -OCH3 is 1. The first-order valence-corrected chi connectivity index (χ1v) is 9.35. The van der Waals surface area contributed by atoms with Crippen molar-refractivity contribution in [3.8, 4) is 0 Å². The second kappa shape index (κ2) is 9.16. The zero-order valence-corrected chi connectivity index (χ0v) is 17.5. The second-order valence-corrected chi connectivity index (χ2v) is 7.13. The van der Waals surface area contributed by atoms with Crippen LogP contribution in [0.2, 0.25) is 0 Å². The van der Waals surface area contributed by atoms with Gasteiger partial charge in [-0.1, -0.05) is 31.9 Å². The van der Waals surface area contributed by atoms with Crippen molar-refractivity contribution >= 4 is 66.0 Å². The SMILES string of the molecule is COC(=O)c1ccc(Br)cc1N.O=c1[nH]c(CCl)nc2cc(Br)ccc12. The lowest BCUT2D eigenvalue weighted by atomic mass is 10.2. The van der Waals surface area contributed by atoms with Gasteiger partial charge in [-0.2, -0.15) is 0 Å². The smallest absolute Gasteiger partial charge is 0.339 e. The predicted molar refractivity (Wildman–Crippen MR) is 110 cm³/mol. The first-order valence-electron chi connectivity index (χ1n) is 7.23. The quantitative estimate of drug-likeness (QED) is 0.310. The van der Waals surface area contributed by atoms with Gasteiger partial charge in [0.15, 0.2) is 0 Å². The molecule has 0 unspecified atom stereocenters. The molecule has 0 atom stereocenters. The number of hydrogen-bond acceptors (Lipinski definition) is 5. The Kier molecular flexibility index (Phi) is 7.19. The number of aromatic nitrogens is 2. The van der Waals surface area contributed by atoms with Gasteiger partial charge >= 0.3 is 5.97 Å². The number of nitrogens with two attached hydrogens (primary N) is 1. The molecule has 26 heavy (non-hydrogen) atoms. The molecule has 0 amide bonds. The van der Waals surface area contributed by atoms with Gasteiger partial charge in [0.2, 0.25) is 0 Å². The molecule has 136 valence electrons. The summed E-state index contributed by atoms with van der Waals surface area (Å²) in [6, 6.07) is 10.3. The average Bonchev–Trinajstić information content (AvgIpc) is 2.61. The summed E-state index contributed by atoms with van der Waals surface area (Å²) >= 11 is 12.1. The molecule has 0 aliphatic carbocycles. The van der Waals surface area contributed by atoms with E-state index in [4.69, 9.17) is 17.3 Å². The molecule has 3 N–H and O–H groups in total. The van der Waals surface area contributed by atoms with E-state index < -0.39 is 5.97 Å². The van der Waals surface area contributed by atoms with E-state index in [1.54, 1.807) is 36.4 Å². The van der Waals surface area contributed by atoms with E-state index in [1.807, 2.05) is 0 Å². The first kappa shape index (κ1) is 20.4.